The van der Waals surface area contributed by atoms with Crippen LogP contribution in [-0.2, 0) is 9.59 Å². The van der Waals surface area contributed by atoms with E-state index in [1.165, 1.54) is 0 Å². The number of hydrogen-bond donors (Lipinski definition) is 4. The quantitative estimate of drug-likeness (QED) is 0.577. The molecule has 0 saturated carbocycles. The van der Waals surface area contributed by atoms with Crippen molar-refractivity contribution in [3.05, 3.63) is 41.3 Å². The molecule has 0 aliphatic rings. The van der Waals surface area contributed by atoms with Gasteiger partial charge in [0.15, 0.2) is 0 Å². The number of carbonyl (C=O) groups is 4. The Kier molecular flexibility index (Phi) is 5.01. The molecule has 111 valence electrons. The average Bonchev–Trinajstić information content (AvgIpc) is 2.37. The van der Waals surface area contributed by atoms with Crippen molar-refractivity contribution in [3.63, 3.8) is 0 Å². The topological polar surface area (TPSA) is 149 Å². The monoisotopic (exact) mass is 295 g/mol. The second kappa shape index (κ2) is 6.51. The standard InChI is InChI=1S/C13H11O8/c14-10(15)5-8(12(18)19)3-6-1-2-7(11(16)17)4-9(6)13(20)21/h1-4,8H,5H2,(H,14,15)(H,16,17)(H,18,19)(H,20,21). The van der Waals surface area contributed by atoms with Crippen LogP contribution in [0.15, 0.2) is 18.2 Å². The first-order chi connectivity index (χ1) is 9.72. The third kappa shape index (κ3) is 4.30. The fourth-order valence-corrected chi connectivity index (χ4v) is 1.64. The van der Waals surface area contributed by atoms with Crippen LogP contribution in [0.1, 0.15) is 32.7 Å². The predicted octanol–water partition coefficient (Wildman–Crippen LogP) is 0.811. The van der Waals surface area contributed by atoms with Gasteiger partial charge in [0.2, 0.25) is 0 Å². The van der Waals surface area contributed by atoms with Crippen molar-refractivity contribution >= 4 is 23.9 Å². The van der Waals surface area contributed by atoms with Crippen LogP contribution in [-0.4, -0.2) is 44.3 Å². The van der Waals surface area contributed by atoms with E-state index in [1.807, 2.05) is 0 Å². The zero-order valence-corrected chi connectivity index (χ0v) is 10.5. The Labute approximate surface area is 118 Å². The summed E-state index contributed by atoms with van der Waals surface area (Å²) in [6.07, 6.45) is 0.264. The van der Waals surface area contributed by atoms with Gasteiger partial charge in [-0.05, 0) is 17.7 Å². The van der Waals surface area contributed by atoms with Gasteiger partial charge in [-0.1, -0.05) is 6.07 Å². The SMILES string of the molecule is O=C(O)CC([CH]c1ccc(C(=O)O)cc1C(=O)O)C(=O)O. The van der Waals surface area contributed by atoms with Gasteiger partial charge in [0.05, 0.1) is 23.5 Å². The number of carboxylic acids is 4. The smallest absolute Gasteiger partial charge is 0.335 e. The summed E-state index contributed by atoms with van der Waals surface area (Å²) >= 11 is 0. The van der Waals surface area contributed by atoms with Gasteiger partial charge >= 0.3 is 23.9 Å². The molecule has 0 aliphatic heterocycles. The first-order valence-corrected chi connectivity index (χ1v) is 5.62. The Morgan fingerprint density at radius 2 is 1.62 bits per heavy atom. The van der Waals surface area contributed by atoms with Gasteiger partial charge in [0.25, 0.3) is 0 Å². The summed E-state index contributed by atoms with van der Waals surface area (Å²) < 4.78 is 0. The fourth-order valence-electron chi connectivity index (χ4n) is 1.64. The molecule has 0 fully saturated rings. The lowest BCUT2D eigenvalue weighted by atomic mass is 9.92. The van der Waals surface area contributed by atoms with Gasteiger partial charge in [0.1, 0.15) is 0 Å². The van der Waals surface area contributed by atoms with Crippen molar-refractivity contribution in [1.29, 1.82) is 0 Å². The van der Waals surface area contributed by atoms with E-state index in [0.717, 1.165) is 24.6 Å². The van der Waals surface area contributed by atoms with E-state index in [-0.39, 0.29) is 11.1 Å². The minimum absolute atomic E-state index is 0.0545. The zero-order chi connectivity index (χ0) is 16.2. The molecular formula is C13H11O8. The van der Waals surface area contributed by atoms with E-state index in [2.05, 4.69) is 0 Å². The normalized spacial score (nSPS) is 11.6. The lowest BCUT2D eigenvalue weighted by molar-refractivity contribution is -0.146. The molecule has 8 nitrogen and oxygen atoms in total. The molecule has 0 bridgehead atoms. The third-order valence-electron chi connectivity index (χ3n) is 2.62. The Bertz CT molecular complexity index is 604. The van der Waals surface area contributed by atoms with Crippen LogP contribution in [0.4, 0.5) is 0 Å². The van der Waals surface area contributed by atoms with Crippen molar-refractivity contribution < 1.29 is 39.6 Å². The van der Waals surface area contributed by atoms with Crippen LogP contribution in [0.5, 0.6) is 0 Å². The van der Waals surface area contributed by atoms with E-state index in [0.29, 0.717) is 0 Å². The van der Waals surface area contributed by atoms with Crippen LogP contribution in [0.25, 0.3) is 0 Å². The van der Waals surface area contributed by atoms with Gasteiger partial charge in [-0.25, -0.2) is 9.59 Å². The number of benzene rings is 1. The molecule has 21 heavy (non-hydrogen) atoms. The maximum absolute atomic E-state index is 11.1. The van der Waals surface area contributed by atoms with Crippen molar-refractivity contribution in [2.75, 3.05) is 0 Å². The lowest BCUT2D eigenvalue weighted by Gasteiger charge is -2.12. The summed E-state index contributed by atoms with van der Waals surface area (Å²) in [4.78, 5) is 43.4. The molecule has 0 spiro atoms. The number of hydrogen-bond acceptors (Lipinski definition) is 4. The van der Waals surface area contributed by atoms with Crippen LogP contribution < -0.4 is 0 Å². The molecule has 0 saturated heterocycles. The van der Waals surface area contributed by atoms with Gasteiger partial charge in [-0.2, -0.15) is 0 Å². The van der Waals surface area contributed by atoms with Crippen LogP contribution in [0, 0.1) is 12.3 Å². The Balaban J connectivity index is 3.16. The summed E-state index contributed by atoms with van der Waals surface area (Å²) in [5.74, 6) is -6.96. The van der Waals surface area contributed by atoms with Gasteiger partial charge in [-0.15, -0.1) is 0 Å². The highest BCUT2D eigenvalue weighted by Crippen LogP contribution is 2.21. The molecule has 1 unspecified atom stereocenters. The van der Waals surface area contributed by atoms with E-state index in [4.69, 9.17) is 20.4 Å². The molecule has 0 aliphatic carbocycles. The van der Waals surface area contributed by atoms with Crippen molar-refractivity contribution in [2.45, 2.75) is 6.42 Å². The summed E-state index contributed by atoms with van der Waals surface area (Å²) in [5, 5.41) is 35.4. The van der Waals surface area contributed by atoms with Crippen molar-refractivity contribution in [1.82, 2.24) is 0 Å². The highest BCUT2D eigenvalue weighted by atomic mass is 16.4. The van der Waals surface area contributed by atoms with Crippen molar-refractivity contribution in [2.24, 2.45) is 5.92 Å². The van der Waals surface area contributed by atoms with E-state index >= 15 is 0 Å². The van der Waals surface area contributed by atoms with Crippen LogP contribution in [0.3, 0.4) is 0 Å². The lowest BCUT2D eigenvalue weighted by Crippen LogP contribution is -2.20. The number of aromatic carboxylic acids is 2. The summed E-state index contributed by atoms with van der Waals surface area (Å²) in [5.41, 5.74) is -0.734. The highest BCUT2D eigenvalue weighted by molar-refractivity contribution is 5.95. The molecular weight excluding hydrogens is 284 g/mol. The minimum atomic E-state index is -1.44. The van der Waals surface area contributed by atoms with E-state index in [9.17, 15) is 19.2 Å². The largest absolute Gasteiger partial charge is 0.481 e. The first kappa shape index (κ1) is 16.2. The number of carboxylic acid groups (broad SMARTS) is 4. The van der Waals surface area contributed by atoms with Crippen molar-refractivity contribution in [3.8, 4) is 0 Å². The summed E-state index contributed by atoms with van der Waals surface area (Å²) in [6.45, 7) is 0. The zero-order valence-electron chi connectivity index (χ0n) is 10.5. The number of rotatable bonds is 7. The molecule has 1 rings (SSSR count). The number of aliphatic carboxylic acids is 2. The second-order valence-corrected chi connectivity index (χ2v) is 4.12. The first-order valence-electron chi connectivity index (χ1n) is 5.62. The third-order valence-corrected chi connectivity index (χ3v) is 2.62. The van der Waals surface area contributed by atoms with Gasteiger partial charge in [0, 0.05) is 6.42 Å². The van der Waals surface area contributed by atoms with E-state index < -0.39 is 41.8 Å². The maximum Gasteiger partial charge on any atom is 0.335 e. The fraction of sp³-hybridized carbons (Fsp3) is 0.154. The maximum atomic E-state index is 11.1. The predicted molar refractivity (Wildman–Crippen MR) is 67.1 cm³/mol. The molecule has 8 heteroatoms. The Morgan fingerprint density at radius 3 is 2.05 bits per heavy atom. The van der Waals surface area contributed by atoms with Gasteiger partial charge < -0.3 is 20.4 Å². The van der Waals surface area contributed by atoms with E-state index in [1.54, 1.807) is 0 Å². The Morgan fingerprint density at radius 1 is 1.00 bits per heavy atom. The van der Waals surface area contributed by atoms with Gasteiger partial charge in [-0.3, -0.25) is 9.59 Å². The highest BCUT2D eigenvalue weighted by Gasteiger charge is 2.24. The minimum Gasteiger partial charge on any atom is -0.481 e. The van der Waals surface area contributed by atoms with Crippen LogP contribution in [0.2, 0.25) is 0 Å². The Hall–Kier alpha value is -2.90. The molecule has 1 atom stereocenters. The summed E-state index contributed by atoms with van der Waals surface area (Å²) in [6, 6.07) is 3.13. The molecule has 1 radical (unpaired) electrons. The summed E-state index contributed by atoms with van der Waals surface area (Å²) in [7, 11) is 0. The molecule has 1 aromatic carbocycles. The molecule has 1 aromatic rings. The average molecular weight is 295 g/mol. The molecule has 0 aromatic heterocycles. The second-order valence-electron chi connectivity index (χ2n) is 4.12. The molecule has 0 amide bonds. The van der Waals surface area contributed by atoms with Crippen LogP contribution >= 0.6 is 0 Å². The molecule has 0 heterocycles. The molecule has 4 N–H and O–H groups in total.